The van der Waals surface area contributed by atoms with Crippen molar-refractivity contribution in [2.75, 3.05) is 19.0 Å². The minimum atomic E-state index is -0.688. The van der Waals surface area contributed by atoms with Crippen molar-refractivity contribution in [3.8, 4) is 11.5 Å². The Morgan fingerprint density at radius 3 is 2.53 bits per heavy atom. The van der Waals surface area contributed by atoms with E-state index in [9.17, 15) is 9.59 Å². The number of anilines is 1. The van der Waals surface area contributed by atoms with Gasteiger partial charge in [0.15, 0.2) is 0 Å². The molecule has 0 fully saturated rings. The fourth-order valence-corrected chi connectivity index (χ4v) is 3.96. The van der Waals surface area contributed by atoms with Crippen molar-refractivity contribution < 1.29 is 19.1 Å². The average molecular weight is 431 g/mol. The third-order valence-electron chi connectivity index (χ3n) is 5.38. The first-order valence-corrected chi connectivity index (χ1v) is 10.4. The Balaban J connectivity index is 1.75. The second kappa shape index (κ2) is 9.01. The summed E-state index contributed by atoms with van der Waals surface area (Å²) >= 11 is 0. The van der Waals surface area contributed by atoms with Crippen LogP contribution in [0.2, 0.25) is 0 Å². The van der Waals surface area contributed by atoms with Crippen LogP contribution in [-0.4, -0.2) is 25.7 Å². The van der Waals surface area contributed by atoms with Gasteiger partial charge in [0, 0.05) is 16.9 Å². The molecule has 4 rings (SSSR count). The predicted molar refractivity (Wildman–Crippen MR) is 124 cm³/mol. The molecule has 1 unspecified atom stereocenters. The number of hydrogen-bond donors (Lipinski definition) is 3. The number of carbonyl (C=O) groups is 2. The van der Waals surface area contributed by atoms with Crippen LogP contribution >= 0.6 is 0 Å². The molecule has 0 aromatic heterocycles. The number of allylic oxidation sites excluding steroid dienone is 1. The van der Waals surface area contributed by atoms with Crippen LogP contribution in [0, 0.1) is 0 Å². The fourth-order valence-electron chi connectivity index (χ4n) is 3.96. The van der Waals surface area contributed by atoms with Gasteiger partial charge in [0.05, 0.1) is 25.3 Å². The van der Waals surface area contributed by atoms with Crippen LogP contribution in [0.5, 0.6) is 11.5 Å². The van der Waals surface area contributed by atoms with Crippen molar-refractivity contribution in [2.45, 2.75) is 19.9 Å². The third-order valence-corrected chi connectivity index (χ3v) is 5.38. The lowest BCUT2D eigenvalue weighted by Gasteiger charge is -2.30. The van der Waals surface area contributed by atoms with Gasteiger partial charge < -0.3 is 25.4 Å². The Hall–Kier alpha value is -4.00. The number of ether oxygens (including phenoxy) is 2. The summed E-state index contributed by atoms with van der Waals surface area (Å²) in [6, 6.07) is 17.7. The number of amides is 3. The molecule has 3 amide bonds. The minimum absolute atomic E-state index is 0.320. The molecule has 0 aliphatic carbocycles. The summed E-state index contributed by atoms with van der Waals surface area (Å²) < 4.78 is 11.1. The highest BCUT2D eigenvalue weighted by Crippen LogP contribution is 2.38. The lowest BCUT2D eigenvalue weighted by molar-refractivity contribution is -0.113. The third kappa shape index (κ3) is 4.09. The van der Waals surface area contributed by atoms with Gasteiger partial charge >= 0.3 is 6.03 Å². The van der Waals surface area contributed by atoms with Crippen molar-refractivity contribution in [3.63, 3.8) is 0 Å². The monoisotopic (exact) mass is 431 g/mol. The zero-order valence-electron chi connectivity index (χ0n) is 18.2. The Bertz CT molecular complexity index is 1200. The SMILES string of the molecule is CCOc1ccc(NC(=O)C2=C(C)NC(=O)NC2c2c(OC)ccc3ccccc23)cc1. The quantitative estimate of drug-likeness (QED) is 0.536. The van der Waals surface area contributed by atoms with Gasteiger partial charge in [-0.3, -0.25) is 4.79 Å². The lowest BCUT2D eigenvalue weighted by atomic mass is 9.90. The number of fused-ring (bicyclic) bond motifs is 1. The van der Waals surface area contributed by atoms with E-state index < -0.39 is 6.04 Å². The van der Waals surface area contributed by atoms with Crippen LogP contribution in [0.4, 0.5) is 10.5 Å². The Kier molecular flexibility index (Phi) is 5.98. The molecular formula is C25H25N3O4. The second-order valence-corrected chi connectivity index (χ2v) is 7.38. The van der Waals surface area contributed by atoms with E-state index in [1.165, 1.54) is 0 Å². The van der Waals surface area contributed by atoms with E-state index in [-0.39, 0.29) is 11.9 Å². The van der Waals surface area contributed by atoms with Crippen molar-refractivity contribution >= 4 is 28.4 Å². The molecule has 3 aromatic rings. The summed E-state index contributed by atoms with van der Waals surface area (Å²) in [5, 5.41) is 10.4. The Labute approximate surface area is 186 Å². The molecule has 0 bridgehead atoms. The summed E-state index contributed by atoms with van der Waals surface area (Å²) in [6.07, 6.45) is 0. The first-order valence-electron chi connectivity index (χ1n) is 10.4. The molecule has 0 spiro atoms. The number of hydrogen-bond acceptors (Lipinski definition) is 4. The van der Waals surface area contributed by atoms with Crippen molar-refractivity contribution in [2.24, 2.45) is 0 Å². The van der Waals surface area contributed by atoms with Gasteiger partial charge in [0.1, 0.15) is 11.5 Å². The molecule has 3 N–H and O–H groups in total. The van der Waals surface area contributed by atoms with E-state index in [1.807, 2.05) is 43.3 Å². The molecule has 3 aromatic carbocycles. The van der Waals surface area contributed by atoms with Gasteiger partial charge in [0.2, 0.25) is 0 Å². The van der Waals surface area contributed by atoms with Crippen molar-refractivity contribution in [3.05, 3.63) is 77.5 Å². The van der Waals surface area contributed by atoms with E-state index in [1.54, 1.807) is 38.3 Å². The fraction of sp³-hybridized carbons (Fsp3) is 0.200. The standard InChI is InChI=1S/C25H25N3O4/c1-4-32-18-12-10-17(11-13-18)27-24(29)21-15(2)26-25(30)28-23(21)22-19-8-6-5-7-16(19)9-14-20(22)31-3/h5-14,23H,4H2,1-3H3,(H,27,29)(H2,26,28,30). The van der Waals surface area contributed by atoms with Gasteiger partial charge in [-0.15, -0.1) is 0 Å². The van der Waals surface area contributed by atoms with Crippen LogP contribution in [0.1, 0.15) is 25.5 Å². The summed E-state index contributed by atoms with van der Waals surface area (Å²) in [5.74, 6) is 1.00. The highest BCUT2D eigenvalue weighted by molar-refractivity contribution is 6.07. The molecule has 7 heteroatoms. The molecule has 7 nitrogen and oxygen atoms in total. The molecule has 1 heterocycles. The predicted octanol–water partition coefficient (Wildman–Crippen LogP) is 4.51. The molecule has 0 saturated heterocycles. The van der Waals surface area contributed by atoms with E-state index >= 15 is 0 Å². The zero-order chi connectivity index (χ0) is 22.7. The van der Waals surface area contributed by atoms with Crippen LogP contribution in [0.3, 0.4) is 0 Å². The van der Waals surface area contributed by atoms with Gasteiger partial charge in [-0.1, -0.05) is 30.3 Å². The summed E-state index contributed by atoms with van der Waals surface area (Å²) in [5.41, 5.74) is 2.25. The van der Waals surface area contributed by atoms with Gasteiger partial charge in [-0.05, 0) is 55.0 Å². The van der Waals surface area contributed by atoms with E-state index in [0.29, 0.717) is 29.3 Å². The Morgan fingerprint density at radius 1 is 1.06 bits per heavy atom. The Morgan fingerprint density at radius 2 is 1.81 bits per heavy atom. The summed E-state index contributed by atoms with van der Waals surface area (Å²) in [6.45, 7) is 4.20. The maximum atomic E-state index is 13.4. The highest BCUT2D eigenvalue weighted by Gasteiger charge is 2.34. The van der Waals surface area contributed by atoms with Crippen molar-refractivity contribution in [1.29, 1.82) is 0 Å². The topological polar surface area (TPSA) is 88.7 Å². The van der Waals surface area contributed by atoms with Gasteiger partial charge in [-0.25, -0.2) is 4.79 Å². The molecule has 164 valence electrons. The first-order chi connectivity index (χ1) is 15.5. The zero-order valence-corrected chi connectivity index (χ0v) is 18.2. The number of carbonyl (C=O) groups excluding carboxylic acids is 2. The van der Waals surface area contributed by atoms with E-state index in [2.05, 4.69) is 16.0 Å². The molecular weight excluding hydrogens is 406 g/mol. The van der Waals surface area contributed by atoms with Crippen molar-refractivity contribution in [1.82, 2.24) is 10.6 Å². The summed E-state index contributed by atoms with van der Waals surface area (Å²) in [4.78, 5) is 25.8. The molecule has 32 heavy (non-hydrogen) atoms. The lowest BCUT2D eigenvalue weighted by Crippen LogP contribution is -2.46. The van der Waals surface area contributed by atoms with Crippen LogP contribution in [0.25, 0.3) is 10.8 Å². The van der Waals surface area contributed by atoms with Crippen LogP contribution < -0.4 is 25.4 Å². The van der Waals surface area contributed by atoms with Gasteiger partial charge in [-0.2, -0.15) is 0 Å². The van der Waals surface area contributed by atoms with E-state index in [4.69, 9.17) is 9.47 Å². The summed E-state index contributed by atoms with van der Waals surface area (Å²) in [7, 11) is 1.58. The number of nitrogens with one attached hydrogen (secondary N) is 3. The molecule has 0 radical (unpaired) electrons. The van der Waals surface area contributed by atoms with E-state index in [0.717, 1.165) is 22.1 Å². The minimum Gasteiger partial charge on any atom is -0.496 e. The molecule has 1 aliphatic rings. The molecule has 0 saturated carbocycles. The maximum absolute atomic E-state index is 13.4. The molecule has 1 atom stereocenters. The molecule has 1 aliphatic heterocycles. The second-order valence-electron chi connectivity index (χ2n) is 7.38. The number of benzene rings is 3. The first kappa shape index (κ1) is 21.2. The number of urea groups is 1. The smallest absolute Gasteiger partial charge is 0.319 e. The highest BCUT2D eigenvalue weighted by atomic mass is 16.5. The largest absolute Gasteiger partial charge is 0.496 e. The number of rotatable bonds is 6. The van der Waals surface area contributed by atoms with Gasteiger partial charge in [0.25, 0.3) is 5.91 Å². The van der Waals surface area contributed by atoms with Crippen LogP contribution in [0.15, 0.2) is 71.9 Å². The maximum Gasteiger partial charge on any atom is 0.319 e. The van der Waals surface area contributed by atoms with Crippen LogP contribution in [-0.2, 0) is 4.79 Å². The normalized spacial score (nSPS) is 15.7. The average Bonchev–Trinajstić information content (AvgIpc) is 2.79. The number of methoxy groups -OCH3 is 1.